The molecular formula is C80H153NO5. The molecule has 86 heavy (non-hydrogen) atoms. The van der Waals surface area contributed by atoms with Gasteiger partial charge in [-0.3, -0.25) is 9.59 Å². The zero-order valence-electron chi connectivity index (χ0n) is 58.3. The van der Waals surface area contributed by atoms with Gasteiger partial charge >= 0.3 is 5.97 Å². The second kappa shape index (κ2) is 75.5. The summed E-state index contributed by atoms with van der Waals surface area (Å²) in [5.41, 5.74) is 0. The first-order valence-corrected chi connectivity index (χ1v) is 39.3. The lowest BCUT2D eigenvalue weighted by atomic mass is 10.0. The Bertz CT molecular complexity index is 1390. The van der Waals surface area contributed by atoms with Crippen molar-refractivity contribution in [3.05, 3.63) is 36.5 Å². The summed E-state index contributed by atoms with van der Waals surface area (Å²) in [5, 5.41) is 23.3. The average Bonchev–Trinajstić information content (AvgIpc) is 3.53. The van der Waals surface area contributed by atoms with E-state index in [0.29, 0.717) is 19.4 Å². The van der Waals surface area contributed by atoms with Crippen LogP contribution in [0.25, 0.3) is 0 Å². The lowest BCUT2D eigenvalue weighted by molar-refractivity contribution is -0.143. The van der Waals surface area contributed by atoms with E-state index < -0.39 is 12.1 Å². The van der Waals surface area contributed by atoms with Gasteiger partial charge in [0.05, 0.1) is 25.4 Å². The number of unbranched alkanes of at least 4 members (excludes halogenated alkanes) is 59. The fourth-order valence-electron chi connectivity index (χ4n) is 12.4. The number of hydrogen-bond acceptors (Lipinski definition) is 5. The van der Waals surface area contributed by atoms with Crippen LogP contribution in [0.15, 0.2) is 36.5 Å². The first-order chi connectivity index (χ1) is 42.5. The maximum absolute atomic E-state index is 12.5. The molecule has 2 unspecified atom stereocenters. The molecule has 0 aliphatic rings. The van der Waals surface area contributed by atoms with Crippen molar-refractivity contribution in [1.82, 2.24) is 5.32 Å². The largest absolute Gasteiger partial charge is 0.466 e. The van der Waals surface area contributed by atoms with Gasteiger partial charge in [0.25, 0.3) is 0 Å². The minimum absolute atomic E-state index is 0.0141. The summed E-state index contributed by atoms with van der Waals surface area (Å²) >= 11 is 0. The Morgan fingerprint density at radius 1 is 0.314 bits per heavy atom. The van der Waals surface area contributed by atoms with Gasteiger partial charge in [0.1, 0.15) is 0 Å². The molecule has 0 aromatic carbocycles. The highest BCUT2D eigenvalue weighted by Gasteiger charge is 2.18. The summed E-state index contributed by atoms with van der Waals surface area (Å²) in [4.78, 5) is 24.7. The van der Waals surface area contributed by atoms with Gasteiger partial charge in [0, 0.05) is 12.8 Å². The minimum atomic E-state index is -0.846. The van der Waals surface area contributed by atoms with E-state index in [1.54, 1.807) is 6.08 Å². The van der Waals surface area contributed by atoms with Gasteiger partial charge in [-0.1, -0.05) is 378 Å². The normalized spacial score (nSPS) is 12.7. The number of carbonyl (C=O) groups excluding carboxylic acids is 2. The Morgan fingerprint density at radius 3 is 0.826 bits per heavy atom. The van der Waals surface area contributed by atoms with Crippen molar-refractivity contribution in [2.45, 2.75) is 450 Å². The van der Waals surface area contributed by atoms with E-state index in [4.69, 9.17) is 4.74 Å². The molecule has 6 nitrogen and oxygen atoms in total. The van der Waals surface area contributed by atoms with E-state index in [9.17, 15) is 19.8 Å². The molecule has 0 aromatic heterocycles. The standard InChI is InChI=1S/C80H153NO5/c1-3-5-7-9-11-13-15-17-19-21-23-24-34-37-40-44-48-52-56-60-64-68-72-78(83)77(76-82)81-79(84)73-69-65-61-57-53-49-45-41-38-35-32-30-28-26-25-27-29-31-33-36-39-43-47-51-55-59-63-67-71-75-86-80(85)74-70-66-62-58-54-50-46-42-22-20-18-16-14-12-10-8-6-4-2/h20,22,25,27,68,72,77-78,82-83H,3-19,21,23-24,26,28-67,69-71,73-76H2,1-2H3,(H,81,84)/b22-20-,27-25-,72-68+. The van der Waals surface area contributed by atoms with E-state index in [1.807, 2.05) is 6.08 Å². The highest BCUT2D eigenvalue weighted by Crippen LogP contribution is 2.19. The number of nitrogens with one attached hydrogen (secondary N) is 1. The Balaban J connectivity index is 3.39. The molecule has 0 aromatic rings. The van der Waals surface area contributed by atoms with Gasteiger partial charge < -0.3 is 20.3 Å². The summed E-state index contributed by atoms with van der Waals surface area (Å²) in [7, 11) is 0. The number of esters is 1. The quantitative estimate of drug-likeness (QED) is 0.0320. The Morgan fingerprint density at radius 2 is 0.547 bits per heavy atom. The van der Waals surface area contributed by atoms with Crippen molar-refractivity contribution in [3.8, 4) is 0 Å². The highest BCUT2D eigenvalue weighted by atomic mass is 16.5. The molecule has 1 amide bonds. The number of carbonyl (C=O) groups is 2. The van der Waals surface area contributed by atoms with Crippen molar-refractivity contribution in [2.75, 3.05) is 13.2 Å². The third kappa shape index (κ3) is 71.2. The Kier molecular flexibility index (Phi) is 73.9. The van der Waals surface area contributed by atoms with Crippen LogP contribution < -0.4 is 5.32 Å². The molecule has 0 rings (SSSR count). The molecular weight excluding hydrogens is 1050 g/mol. The zero-order valence-corrected chi connectivity index (χ0v) is 58.3. The summed E-state index contributed by atoms with van der Waals surface area (Å²) in [6.45, 7) is 4.95. The fraction of sp³-hybridized carbons (Fsp3) is 0.900. The Hall–Kier alpha value is -1.92. The lowest BCUT2D eigenvalue weighted by Crippen LogP contribution is -2.45. The predicted molar refractivity (Wildman–Crippen MR) is 379 cm³/mol. The van der Waals surface area contributed by atoms with Gasteiger partial charge in [0.2, 0.25) is 5.91 Å². The third-order valence-electron chi connectivity index (χ3n) is 18.4. The summed E-state index contributed by atoms with van der Waals surface area (Å²) in [6.07, 6.45) is 98.3. The topological polar surface area (TPSA) is 95.9 Å². The van der Waals surface area contributed by atoms with Crippen LogP contribution in [0.1, 0.15) is 438 Å². The van der Waals surface area contributed by atoms with Crippen LogP contribution >= 0.6 is 0 Å². The summed E-state index contributed by atoms with van der Waals surface area (Å²) < 4.78 is 5.51. The van der Waals surface area contributed by atoms with Crippen molar-refractivity contribution in [2.24, 2.45) is 0 Å². The van der Waals surface area contributed by atoms with Gasteiger partial charge in [-0.25, -0.2) is 0 Å². The predicted octanol–water partition coefficient (Wildman–Crippen LogP) is 25.8. The molecule has 0 bridgehead atoms. The number of amides is 1. The molecule has 0 aliphatic carbocycles. The molecule has 6 heteroatoms. The van der Waals surface area contributed by atoms with E-state index >= 15 is 0 Å². The molecule has 3 N–H and O–H groups in total. The maximum Gasteiger partial charge on any atom is 0.305 e. The van der Waals surface area contributed by atoms with Gasteiger partial charge in [-0.2, -0.15) is 0 Å². The minimum Gasteiger partial charge on any atom is -0.466 e. The first kappa shape index (κ1) is 84.1. The first-order valence-electron chi connectivity index (χ1n) is 39.3. The van der Waals surface area contributed by atoms with E-state index in [0.717, 1.165) is 44.9 Å². The molecule has 0 spiro atoms. The van der Waals surface area contributed by atoms with Crippen molar-refractivity contribution < 1.29 is 24.5 Å². The number of hydrogen-bond donors (Lipinski definition) is 3. The molecule has 0 fully saturated rings. The zero-order chi connectivity index (χ0) is 62.0. The average molecular weight is 1210 g/mol. The van der Waals surface area contributed by atoms with Crippen molar-refractivity contribution in [1.29, 1.82) is 0 Å². The fourth-order valence-corrected chi connectivity index (χ4v) is 12.4. The monoisotopic (exact) mass is 1210 g/mol. The molecule has 508 valence electrons. The van der Waals surface area contributed by atoms with Gasteiger partial charge in [-0.05, 0) is 83.5 Å². The SMILES string of the molecule is CCCCCCCCC/C=C\CCCCCCCCCC(=O)OCCCCCCCCCCCCCC/C=C\CCCCCCCCCCCCCCCC(=O)NC(CO)C(O)/C=C/CCCCCCCCCCCCCCCCCCCCCC. The van der Waals surface area contributed by atoms with Crippen LogP contribution in [0.5, 0.6) is 0 Å². The van der Waals surface area contributed by atoms with Crippen molar-refractivity contribution >= 4 is 11.9 Å². The van der Waals surface area contributed by atoms with E-state index in [2.05, 4.69) is 43.5 Å². The van der Waals surface area contributed by atoms with Crippen LogP contribution in [0.3, 0.4) is 0 Å². The number of rotatable bonds is 74. The van der Waals surface area contributed by atoms with Gasteiger partial charge in [0.15, 0.2) is 0 Å². The van der Waals surface area contributed by atoms with Crippen LogP contribution in [0.4, 0.5) is 0 Å². The van der Waals surface area contributed by atoms with Crippen LogP contribution in [-0.2, 0) is 14.3 Å². The van der Waals surface area contributed by atoms with Crippen LogP contribution in [0.2, 0.25) is 0 Å². The molecule has 0 radical (unpaired) electrons. The van der Waals surface area contributed by atoms with Crippen molar-refractivity contribution in [3.63, 3.8) is 0 Å². The van der Waals surface area contributed by atoms with Gasteiger partial charge in [-0.15, -0.1) is 0 Å². The van der Waals surface area contributed by atoms with Crippen LogP contribution in [0, 0.1) is 0 Å². The number of aliphatic hydroxyl groups is 2. The summed E-state index contributed by atoms with van der Waals surface area (Å²) in [5.74, 6) is -0.0486. The lowest BCUT2D eigenvalue weighted by Gasteiger charge is -2.20. The Labute approximate surface area is 538 Å². The second-order valence-corrected chi connectivity index (χ2v) is 27.0. The van der Waals surface area contributed by atoms with Crippen LogP contribution in [-0.4, -0.2) is 47.4 Å². The van der Waals surface area contributed by atoms with E-state index in [-0.39, 0.29) is 18.5 Å². The molecule has 0 heterocycles. The maximum atomic E-state index is 12.5. The highest BCUT2D eigenvalue weighted by molar-refractivity contribution is 5.76. The number of aliphatic hydroxyl groups excluding tert-OH is 2. The third-order valence-corrected chi connectivity index (χ3v) is 18.4. The molecule has 2 atom stereocenters. The number of ether oxygens (including phenoxy) is 1. The molecule has 0 saturated heterocycles. The number of allylic oxidation sites excluding steroid dienone is 5. The molecule has 0 aliphatic heterocycles. The second-order valence-electron chi connectivity index (χ2n) is 27.0. The molecule has 0 saturated carbocycles. The summed E-state index contributed by atoms with van der Waals surface area (Å²) in [6, 6.07) is -0.629. The van der Waals surface area contributed by atoms with E-state index in [1.165, 1.54) is 366 Å². The smallest absolute Gasteiger partial charge is 0.305 e.